The zero-order valence-electron chi connectivity index (χ0n) is 45.4. The number of ether oxygens (including phenoxy) is 8. The number of hydrogen-bond acceptors (Lipinski definition) is 11. The van der Waals surface area contributed by atoms with Gasteiger partial charge in [0.2, 0.25) is 5.91 Å². The van der Waals surface area contributed by atoms with E-state index in [1.165, 1.54) is 12.8 Å². The molecule has 1 aromatic carbocycles. The molecular weight excluding hydrogens is 1040 g/mol. The largest absolute Gasteiger partial charge is 0.555 e. The van der Waals surface area contributed by atoms with Crippen LogP contribution in [0.1, 0.15) is 182 Å². The van der Waals surface area contributed by atoms with E-state index in [-0.39, 0.29) is 90.4 Å². The normalized spacial score (nSPS) is 11.2. The van der Waals surface area contributed by atoms with Crippen molar-refractivity contribution < 1.29 is 118 Å². The van der Waals surface area contributed by atoms with E-state index in [9.17, 15) is 14.4 Å². The van der Waals surface area contributed by atoms with Crippen LogP contribution in [-0.2, 0) is 113 Å². The Kier molecular flexibility index (Phi) is 92.8. The monoisotopic (exact) mass is 1150 g/mol. The van der Waals surface area contributed by atoms with Gasteiger partial charge in [-0.3, -0.25) is 14.4 Å². The molecule has 0 heterocycles. The molecule has 15 heteroatoms. The van der Waals surface area contributed by atoms with Gasteiger partial charge >= 0.3 is 0 Å². The topological polar surface area (TPSA) is 149 Å². The van der Waals surface area contributed by atoms with Crippen molar-refractivity contribution in [2.24, 2.45) is 0 Å². The molecule has 13 nitrogen and oxygen atoms in total. The molecule has 2 N–H and O–H groups in total. The number of unbranched alkanes of at least 4 members (excludes halogenated alkanes) is 3. The van der Waals surface area contributed by atoms with E-state index in [0.717, 1.165) is 130 Å². The molecule has 0 saturated heterocycles. The summed E-state index contributed by atoms with van der Waals surface area (Å²) in [5.41, 5.74) is 0.688. The first-order valence-electron chi connectivity index (χ1n) is 25.8. The fourth-order valence-corrected chi connectivity index (χ4v) is 5.31. The summed E-state index contributed by atoms with van der Waals surface area (Å²) in [6.07, 6.45) is 19.4. The van der Waals surface area contributed by atoms with Gasteiger partial charge in [-0.2, -0.15) is 12.8 Å². The van der Waals surface area contributed by atoms with Gasteiger partial charge in [0.05, 0.1) is 33.0 Å². The van der Waals surface area contributed by atoms with Crippen molar-refractivity contribution in [2.45, 2.75) is 178 Å². The van der Waals surface area contributed by atoms with Crippen molar-refractivity contribution in [1.29, 1.82) is 0 Å². The molecule has 0 aromatic heterocycles. The van der Waals surface area contributed by atoms with Crippen molar-refractivity contribution >= 4 is 17.6 Å². The van der Waals surface area contributed by atoms with E-state index in [0.29, 0.717) is 83.7 Å². The Morgan fingerprint density at radius 3 is 1.49 bits per heavy atom. The fourth-order valence-electron chi connectivity index (χ4n) is 5.31. The fraction of sp³-hybridized carbons (Fsp3) is 0.782. The minimum Gasteiger partial charge on any atom is -0.555 e. The molecule has 1 aliphatic carbocycles. The predicted octanol–water partition coefficient (Wildman–Crippen LogP) is 11.8. The second-order valence-electron chi connectivity index (χ2n) is 15.6. The maximum absolute atomic E-state index is 11.9. The molecule has 0 unspecified atom stereocenters. The smallest absolute Gasteiger partial charge is 0.251 e. The van der Waals surface area contributed by atoms with E-state index in [1.54, 1.807) is 19.2 Å². The molecule has 0 bridgehead atoms. The molecule has 2 radical (unpaired) electrons. The summed E-state index contributed by atoms with van der Waals surface area (Å²) in [6.45, 7) is 28.9. The number of amides is 2. The van der Waals surface area contributed by atoms with Gasteiger partial charge < -0.3 is 61.9 Å². The van der Waals surface area contributed by atoms with Gasteiger partial charge in [-0.05, 0) is 69.9 Å². The molecular formula is C55H107N2O11Y2-3. The Balaban J connectivity index is -0.000000158. The van der Waals surface area contributed by atoms with Crippen LogP contribution in [0.5, 0.6) is 0 Å². The summed E-state index contributed by atoms with van der Waals surface area (Å²) in [6, 6.07) is 9.47. The minimum atomic E-state index is -0.0456. The molecule has 70 heavy (non-hydrogen) atoms. The Hall–Kier alpha value is -0.282. The number of rotatable bonds is 36. The van der Waals surface area contributed by atoms with Crippen LogP contribution in [0.3, 0.4) is 0 Å². The van der Waals surface area contributed by atoms with Crippen LogP contribution in [0.4, 0.5) is 0 Å². The van der Waals surface area contributed by atoms with Crippen LogP contribution in [0.25, 0.3) is 0 Å². The molecule has 1 aromatic rings. The molecule has 1 saturated carbocycles. The number of hydrogen-bond donors (Lipinski definition) is 2. The molecule has 0 atom stereocenters. The number of carbonyl (C=O) groups is 3. The van der Waals surface area contributed by atoms with Crippen LogP contribution >= 0.6 is 0 Å². The number of nitrogens with one attached hydrogen (secondary N) is 2. The Bertz CT molecular complexity index is 1070. The molecule has 2 rings (SSSR count). The predicted molar refractivity (Wildman–Crippen MR) is 283 cm³/mol. The average Bonchev–Trinajstić information content (AvgIpc) is 3.35. The first-order valence-corrected chi connectivity index (χ1v) is 25.8. The molecule has 0 aliphatic heterocycles. The Morgan fingerprint density at radius 1 is 0.571 bits per heavy atom. The summed E-state index contributed by atoms with van der Waals surface area (Å²) in [5, 5.41) is 5.83. The van der Waals surface area contributed by atoms with Gasteiger partial charge in [0.25, 0.3) is 5.91 Å². The zero-order chi connectivity index (χ0) is 50.5. The third kappa shape index (κ3) is 76.6. The van der Waals surface area contributed by atoms with Crippen molar-refractivity contribution in [3.05, 3.63) is 56.3 Å². The van der Waals surface area contributed by atoms with Crippen molar-refractivity contribution in [2.75, 3.05) is 106 Å². The van der Waals surface area contributed by atoms with Crippen molar-refractivity contribution in [3.63, 3.8) is 0 Å². The van der Waals surface area contributed by atoms with Crippen LogP contribution in [0.15, 0.2) is 30.3 Å². The van der Waals surface area contributed by atoms with Gasteiger partial charge in [-0.25, -0.2) is 7.11 Å². The van der Waals surface area contributed by atoms with E-state index in [2.05, 4.69) is 77.4 Å². The van der Waals surface area contributed by atoms with Crippen molar-refractivity contribution in [1.82, 2.24) is 10.6 Å². The summed E-state index contributed by atoms with van der Waals surface area (Å²) < 4.78 is 40.8. The Labute approximate surface area is 482 Å². The maximum atomic E-state index is 11.9. The van der Waals surface area contributed by atoms with Crippen LogP contribution < -0.4 is 10.6 Å². The minimum absolute atomic E-state index is 0. The zero-order valence-corrected chi connectivity index (χ0v) is 51.1. The third-order valence-electron chi connectivity index (χ3n) is 8.97. The number of ketones is 1. The average molecular weight is 1150 g/mol. The third-order valence-corrected chi connectivity index (χ3v) is 8.97. The molecule has 0 spiro atoms. The van der Waals surface area contributed by atoms with Crippen LogP contribution in [-0.4, -0.2) is 130 Å². The SMILES string of the molecule is C.CCCCOC.CCCCOCCOCCOCCCCC(=O)CCC(=O)NC1CC[CH-]CC1.CCCOCCC.CCCOCCNC(=O)c1ccccc1.[CH2-]COCCC.[CH2-]OCCC.[Y].[Y]. The van der Waals surface area contributed by atoms with Crippen molar-refractivity contribution in [3.8, 4) is 0 Å². The van der Waals surface area contributed by atoms with E-state index < -0.39 is 0 Å². The quantitative estimate of drug-likeness (QED) is 0.0488. The van der Waals surface area contributed by atoms with Gasteiger partial charge in [-0.15, -0.1) is 0 Å². The molecule has 2 amide bonds. The number of Topliss-reactive ketones (excluding diaryl/α,β-unsaturated/α-hetero) is 1. The first-order chi connectivity index (χ1) is 32.7. The number of methoxy groups -OCH3 is 1. The summed E-state index contributed by atoms with van der Waals surface area (Å²) in [7, 11) is 4.91. The van der Waals surface area contributed by atoms with Crippen LogP contribution in [0.2, 0.25) is 0 Å². The summed E-state index contributed by atoms with van der Waals surface area (Å²) in [4.78, 5) is 35.3. The molecule has 1 aliphatic rings. The summed E-state index contributed by atoms with van der Waals surface area (Å²) in [5.74, 6) is 0.133. The summed E-state index contributed by atoms with van der Waals surface area (Å²) >= 11 is 0. The number of benzene rings is 1. The number of carbonyl (C=O) groups excluding carboxylic acids is 3. The second-order valence-corrected chi connectivity index (χ2v) is 15.6. The van der Waals surface area contributed by atoms with E-state index in [1.807, 2.05) is 25.1 Å². The van der Waals surface area contributed by atoms with E-state index in [4.69, 9.17) is 33.2 Å². The van der Waals surface area contributed by atoms with Crippen LogP contribution in [0, 0.1) is 20.5 Å². The Morgan fingerprint density at radius 2 is 1.04 bits per heavy atom. The van der Waals surface area contributed by atoms with E-state index >= 15 is 0 Å². The second kappa shape index (κ2) is 77.6. The van der Waals surface area contributed by atoms with Gasteiger partial charge in [0.1, 0.15) is 5.78 Å². The standard InChI is InChI=1S/C22H40NO5.C12H17NO2.C6H14O.C5H12O.C5H11O.C4H9O.CH4.2Y/c1-2-3-14-26-16-18-28-19-17-27-15-8-7-11-21(24)12-13-22(25)23-20-9-5-4-6-10-20;1-2-9-15-10-8-13-12(14)11-6-4-3-5-7-11;1-3-5-7-6-4-2;1-3-4-5-6-2;1-3-5-6-4-2;1-3-4-5-2;;;/h4,20H,2-3,5-19H2,1H3,(H,23,25);3-7H,2,8-10H2,1H3,(H,13,14);3-6H2,1-2H3;3-5H2,1-2H3;2-5H2,1H3;2-4H2,1H3;1H4;;/q-1;;;;2*-1;;;. The maximum Gasteiger partial charge on any atom is 0.251 e. The molecule has 1 fully saturated rings. The molecule has 412 valence electrons. The van der Waals surface area contributed by atoms with Gasteiger partial charge in [-0.1, -0.05) is 106 Å². The first kappa shape index (κ1) is 83.7. The van der Waals surface area contributed by atoms with Gasteiger partial charge in [0, 0.05) is 163 Å². The van der Waals surface area contributed by atoms with Gasteiger partial charge in [0.15, 0.2) is 0 Å².